The molecule has 0 atom stereocenters. The lowest BCUT2D eigenvalue weighted by molar-refractivity contribution is 0.416. The third kappa shape index (κ3) is 6.16. The molecule has 6 nitrogen and oxygen atoms in total. The maximum absolute atomic E-state index is 16.2. The number of aryl methyl sites for hydroxylation is 1. The lowest BCUT2D eigenvalue weighted by atomic mass is 9.76. The van der Waals surface area contributed by atoms with Gasteiger partial charge in [0, 0.05) is 17.4 Å². The maximum atomic E-state index is 16.2. The van der Waals surface area contributed by atoms with E-state index in [1.807, 2.05) is 96.9 Å². The van der Waals surface area contributed by atoms with Crippen molar-refractivity contribution in [3.63, 3.8) is 0 Å². The number of aromatic nitrogens is 2. The number of ether oxygens (including phenoxy) is 1. The summed E-state index contributed by atoms with van der Waals surface area (Å²) in [6.07, 6.45) is 2.64. The van der Waals surface area contributed by atoms with Crippen molar-refractivity contribution < 1.29 is 14.2 Å². The first-order valence-electron chi connectivity index (χ1n) is 17.2. The minimum atomic E-state index is -0.936. The van der Waals surface area contributed by atoms with Gasteiger partial charge in [-0.15, -0.1) is 0 Å². The Hall–Kier alpha value is -6.65. The van der Waals surface area contributed by atoms with Crippen molar-refractivity contribution in [1.29, 1.82) is 5.26 Å². The predicted molar refractivity (Wildman–Crippen MR) is 203 cm³/mol. The van der Waals surface area contributed by atoms with Crippen molar-refractivity contribution in [3.8, 4) is 28.8 Å². The highest BCUT2D eigenvalue weighted by atomic mass is 19.1. The molecule has 1 N–H and O–H groups in total. The van der Waals surface area contributed by atoms with Crippen LogP contribution in [-0.2, 0) is 18.5 Å². The van der Waals surface area contributed by atoms with E-state index < -0.39 is 17.1 Å². The fraction of sp³-hybridized carbons (Fsp3) is 0.111. The lowest BCUT2D eigenvalue weighted by Gasteiger charge is -2.39. The van der Waals surface area contributed by atoms with Gasteiger partial charge >= 0.3 is 0 Å². The summed E-state index contributed by atoms with van der Waals surface area (Å²) in [4.78, 5) is 7.17. The third-order valence-electron chi connectivity index (χ3n) is 9.50. The molecule has 0 radical (unpaired) electrons. The topological polar surface area (TPSA) is 74.3 Å². The zero-order valence-electron chi connectivity index (χ0n) is 28.9. The fourth-order valence-corrected chi connectivity index (χ4v) is 6.99. The summed E-state index contributed by atoms with van der Waals surface area (Å²) < 4.78 is 24.2. The van der Waals surface area contributed by atoms with Crippen LogP contribution in [0.1, 0.15) is 40.6 Å². The molecule has 0 fully saturated rings. The molecular formula is C45H37FN4O2. The van der Waals surface area contributed by atoms with Crippen LogP contribution in [0.5, 0.6) is 11.5 Å². The second kappa shape index (κ2) is 14.7. The highest BCUT2D eigenvalue weighted by molar-refractivity contribution is 5.70. The van der Waals surface area contributed by atoms with Crippen molar-refractivity contribution in [3.05, 3.63) is 197 Å². The van der Waals surface area contributed by atoms with Crippen molar-refractivity contribution in [2.24, 2.45) is 0 Å². The van der Waals surface area contributed by atoms with Gasteiger partial charge in [-0.05, 0) is 77.2 Å². The number of hydrogen-bond acceptors (Lipinski definition) is 5. The molecule has 0 amide bonds. The largest absolute Gasteiger partial charge is 0.505 e. The van der Waals surface area contributed by atoms with E-state index in [1.165, 1.54) is 6.07 Å². The summed E-state index contributed by atoms with van der Waals surface area (Å²) in [5, 5.41) is 20.4. The van der Waals surface area contributed by atoms with E-state index in [0.29, 0.717) is 34.9 Å². The van der Waals surface area contributed by atoms with Crippen LogP contribution in [0.4, 0.5) is 15.8 Å². The number of aromatic hydroxyl groups is 1. The normalized spacial score (nSPS) is 11.2. The monoisotopic (exact) mass is 684 g/mol. The van der Waals surface area contributed by atoms with E-state index in [1.54, 1.807) is 37.4 Å². The van der Waals surface area contributed by atoms with Gasteiger partial charge in [0.05, 0.1) is 36.7 Å². The van der Waals surface area contributed by atoms with E-state index in [-0.39, 0.29) is 12.2 Å². The molecule has 0 saturated carbocycles. The highest BCUT2D eigenvalue weighted by Crippen LogP contribution is 2.44. The molecule has 0 aliphatic heterocycles. The molecular weight excluding hydrogens is 648 g/mol. The molecule has 1 heterocycles. The smallest absolute Gasteiger partial charge is 0.188 e. The Balaban J connectivity index is 1.57. The van der Waals surface area contributed by atoms with Crippen LogP contribution < -0.4 is 9.64 Å². The molecule has 0 aliphatic carbocycles. The van der Waals surface area contributed by atoms with Crippen molar-refractivity contribution in [2.75, 3.05) is 12.0 Å². The molecule has 7 rings (SSSR count). The number of para-hydroxylation sites is 1. The molecule has 0 saturated heterocycles. The van der Waals surface area contributed by atoms with Crippen LogP contribution in [0.2, 0.25) is 0 Å². The first-order chi connectivity index (χ1) is 25.5. The summed E-state index contributed by atoms with van der Waals surface area (Å²) in [6.45, 7) is 2.06. The second-order valence-corrected chi connectivity index (χ2v) is 12.5. The molecule has 7 heteroatoms. The van der Waals surface area contributed by atoms with Crippen LogP contribution in [0.3, 0.4) is 0 Å². The van der Waals surface area contributed by atoms with E-state index >= 15 is 4.39 Å². The number of rotatable bonds is 11. The molecule has 0 unspecified atom stereocenters. The molecule has 1 aromatic heterocycles. The van der Waals surface area contributed by atoms with Gasteiger partial charge in [-0.2, -0.15) is 5.26 Å². The fourth-order valence-electron chi connectivity index (χ4n) is 6.99. The van der Waals surface area contributed by atoms with Gasteiger partial charge in [0.25, 0.3) is 0 Å². The predicted octanol–water partition coefficient (Wildman–Crippen LogP) is 10.0. The molecule has 0 aliphatic rings. The van der Waals surface area contributed by atoms with Gasteiger partial charge in [0.15, 0.2) is 11.6 Å². The first kappa shape index (κ1) is 33.8. The number of hydrogen-bond donors (Lipinski definition) is 1. The van der Waals surface area contributed by atoms with Gasteiger partial charge in [0.2, 0.25) is 0 Å². The number of halogens is 1. The second-order valence-electron chi connectivity index (χ2n) is 12.5. The highest BCUT2D eigenvalue weighted by Gasteiger charge is 2.41. The molecule has 6 aromatic carbocycles. The first-order valence-corrected chi connectivity index (χ1v) is 17.2. The summed E-state index contributed by atoms with van der Waals surface area (Å²) in [5.74, 6) is 0.102. The number of nitrogens with zero attached hydrogens (tertiary/aromatic N) is 4. The molecule has 256 valence electrons. The lowest BCUT2D eigenvalue weighted by Crippen LogP contribution is -2.39. The van der Waals surface area contributed by atoms with Gasteiger partial charge in [-0.1, -0.05) is 110 Å². The van der Waals surface area contributed by atoms with E-state index in [4.69, 9.17) is 9.72 Å². The van der Waals surface area contributed by atoms with E-state index in [9.17, 15) is 10.4 Å². The van der Waals surface area contributed by atoms with Gasteiger partial charge in [-0.3, -0.25) is 0 Å². The zero-order valence-corrected chi connectivity index (χ0v) is 28.9. The Labute approximate surface area is 303 Å². The minimum Gasteiger partial charge on any atom is -0.505 e. The number of phenolic OH excluding ortho intramolecular Hbond substituents is 1. The third-order valence-corrected chi connectivity index (χ3v) is 9.50. The number of nitriles is 1. The van der Waals surface area contributed by atoms with Crippen LogP contribution in [0.25, 0.3) is 11.3 Å². The van der Waals surface area contributed by atoms with Crippen molar-refractivity contribution in [1.82, 2.24) is 9.55 Å². The van der Waals surface area contributed by atoms with Crippen molar-refractivity contribution >= 4 is 11.4 Å². The Bertz CT molecular complexity index is 2240. The Kier molecular flexibility index (Phi) is 9.55. The zero-order chi connectivity index (χ0) is 36.1. The average Bonchev–Trinajstić information content (AvgIpc) is 3.63. The maximum Gasteiger partial charge on any atom is 0.188 e. The summed E-state index contributed by atoms with van der Waals surface area (Å²) >= 11 is 0. The number of imidazole rings is 1. The van der Waals surface area contributed by atoms with Crippen molar-refractivity contribution in [2.45, 2.75) is 25.4 Å². The Morgan fingerprint density at radius 1 is 0.788 bits per heavy atom. The van der Waals surface area contributed by atoms with Crippen LogP contribution >= 0.6 is 0 Å². The molecule has 7 aromatic rings. The standard InChI is InChI=1S/C45H37FN4O2/c1-3-32-27-40(44(46)41(51)28-32)49(37-25-23-33(29-47)24-26-37)31-43-48-39(38-21-13-14-22-42(38)52-2)30-50(43)45(34-15-7-4-8-16-34,35-17-9-5-10-18-35)36-19-11-6-12-20-36/h4-28,30,51H,3,31H2,1-2H3. The Morgan fingerprint density at radius 3 is 1.88 bits per heavy atom. The quantitative estimate of drug-likeness (QED) is 0.137. The number of methoxy groups -OCH3 is 1. The molecule has 0 spiro atoms. The van der Waals surface area contributed by atoms with E-state index in [0.717, 1.165) is 27.8 Å². The van der Waals surface area contributed by atoms with Gasteiger partial charge < -0.3 is 19.3 Å². The van der Waals surface area contributed by atoms with Crippen LogP contribution in [0, 0.1) is 17.1 Å². The van der Waals surface area contributed by atoms with Gasteiger partial charge in [-0.25, -0.2) is 9.37 Å². The average molecular weight is 685 g/mol. The summed E-state index contributed by atoms with van der Waals surface area (Å²) in [5.41, 5.74) is 5.61. The number of benzene rings is 6. The molecule has 0 bridgehead atoms. The SMILES string of the molecule is CCc1cc(O)c(F)c(N(Cc2nc(-c3ccccc3OC)cn2C(c2ccccc2)(c2ccccc2)c2ccccc2)c2ccc(C#N)cc2)c1. The number of anilines is 2. The number of phenols is 1. The van der Waals surface area contributed by atoms with Crippen LogP contribution in [-0.4, -0.2) is 21.8 Å². The Morgan fingerprint density at radius 2 is 1.35 bits per heavy atom. The summed E-state index contributed by atoms with van der Waals surface area (Å²) in [6, 6.07) is 51.1. The minimum absolute atomic E-state index is 0.0961. The van der Waals surface area contributed by atoms with Crippen LogP contribution in [0.15, 0.2) is 158 Å². The molecule has 52 heavy (non-hydrogen) atoms. The van der Waals surface area contributed by atoms with Gasteiger partial charge in [0.1, 0.15) is 17.1 Å². The summed E-state index contributed by atoms with van der Waals surface area (Å²) in [7, 11) is 1.64. The van der Waals surface area contributed by atoms with E-state index in [2.05, 4.69) is 47.0 Å².